The van der Waals surface area contributed by atoms with Gasteiger partial charge in [-0.2, -0.15) is 0 Å². The molecule has 2 aromatic rings. The fraction of sp³-hybridized carbons (Fsp3) is 0.250. The van der Waals surface area contributed by atoms with Crippen molar-refractivity contribution in [2.24, 2.45) is 0 Å². The molecule has 3 rings (SSSR count). The molecule has 2 N–H and O–H groups in total. The molecule has 5 nitrogen and oxygen atoms in total. The van der Waals surface area contributed by atoms with Crippen molar-refractivity contribution in [1.82, 2.24) is 5.32 Å². The number of rotatable bonds is 4. The second-order valence-corrected chi connectivity index (χ2v) is 5.28. The fourth-order valence-electron chi connectivity index (χ4n) is 2.84. The number of nitrogens with zero attached hydrogens (tertiary/aromatic N) is 1. The molecule has 1 unspecified atom stereocenters. The number of nitro benzene ring substituents is 1. The van der Waals surface area contributed by atoms with E-state index in [1.165, 1.54) is 17.2 Å². The van der Waals surface area contributed by atoms with E-state index in [2.05, 4.69) is 5.32 Å². The third-order valence-electron chi connectivity index (χ3n) is 3.88. The Balaban J connectivity index is 1.70. The van der Waals surface area contributed by atoms with E-state index in [4.69, 9.17) is 0 Å². The highest BCUT2D eigenvalue weighted by Crippen LogP contribution is 2.33. The van der Waals surface area contributed by atoms with Crippen molar-refractivity contribution < 1.29 is 10.0 Å². The van der Waals surface area contributed by atoms with Crippen LogP contribution in [0.5, 0.6) is 5.75 Å². The molecular weight excluding hydrogens is 268 g/mol. The number of hydrogen-bond acceptors (Lipinski definition) is 4. The summed E-state index contributed by atoms with van der Waals surface area (Å²) in [4.78, 5) is 10.4. The number of aromatic hydroxyl groups is 1. The normalized spacial score (nSPS) is 16.7. The molecule has 0 fully saturated rings. The number of benzene rings is 2. The third kappa shape index (κ3) is 2.87. The van der Waals surface area contributed by atoms with E-state index in [1.54, 1.807) is 18.2 Å². The zero-order valence-corrected chi connectivity index (χ0v) is 11.5. The zero-order chi connectivity index (χ0) is 14.8. The molecule has 21 heavy (non-hydrogen) atoms. The van der Waals surface area contributed by atoms with Gasteiger partial charge < -0.3 is 10.4 Å². The van der Waals surface area contributed by atoms with E-state index in [9.17, 15) is 15.2 Å². The van der Waals surface area contributed by atoms with Crippen LogP contribution >= 0.6 is 0 Å². The van der Waals surface area contributed by atoms with Crippen LogP contribution in [0.25, 0.3) is 0 Å². The Morgan fingerprint density at radius 3 is 2.95 bits per heavy atom. The van der Waals surface area contributed by atoms with E-state index in [1.807, 2.05) is 18.2 Å². The Morgan fingerprint density at radius 2 is 2.14 bits per heavy atom. The Morgan fingerprint density at radius 1 is 1.29 bits per heavy atom. The largest absolute Gasteiger partial charge is 0.508 e. The summed E-state index contributed by atoms with van der Waals surface area (Å²) in [6.07, 6.45) is 1.92. The molecule has 108 valence electrons. The maximum absolute atomic E-state index is 10.8. The number of phenolic OH excluding ortho intramolecular Hbond substituents is 1. The molecule has 0 radical (unpaired) electrons. The molecule has 0 bridgehead atoms. The Kier molecular flexibility index (Phi) is 3.58. The summed E-state index contributed by atoms with van der Waals surface area (Å²) in [6, 6.07) is 12.4. The minimum atomic E-state index is -0.378. The van der Waals surface area contributed by atoms with Crippen LogP contribution in [0.4, 0.5) is 5.69 Å². The summed E-state index contributed by atoms with van der Waals surface area (Å²) in [5.74, 6) is 0.299. The summed E-state index contributed by atoms with van der Waals surface area (Å²) in [5.41, 5.74) is 3.40. The van der Waals surface area contributed by atoms with Gasteiger partial charge in [0, 0.05) is 24.7 Å². The minimum absolute atomic E-state index is 0.117. The van der Waals surface area contributed by atoms with E-state index in [0.717, 1.165) is 18.4 Å². The standard InChI is InChI=1S/C16H16N2O3/c19-14-5-6-15-12(9-14)4-7-16(15)17-10-11-2-1-3-13(8-11)18(20)21/h1-3,5-6,8-9,16-17,19H,4,7,10H2. The lowest BCUT2D eigenvalue weighted by molar-refractivity contribution is -0.384. The molecule has 0 heterocycles. The van der Waals surface area contributed by atoms with Gasteiger partial charge in [-0.1, -0.05) is 18.2 Å². The van der Waals surface area contributed by atoms with Crippen molar-refractivity contribution >= 4 is 5.69 Å². The molecule has 1 atom stereocenters. The number of fused-ring (bicyclic) bond motifs is 1. The molecule has 1 aliphatic rings. The highest BCUT2D eigenvalue weighted by Gasteiger charge is 2.22. The van der Waals surface area contributed by atoms with Crippen LogP contribution in [-0.2, 0) is 13.0 Å². The van der Waals surface area contributed by atoms with Crippen molar-refractivity contribution in [3.8, 4) is 5.75 Å². The van der Waals surface area contributed by atoms with Crippen molar-refractivity contribution in [2.45, 2.75) is 25.4 Å². The number of hydrogen-bond donors (Lipinski definition) is 2. The minimum Gasteiger partial charge on any atom is -0.508 e. The van der Waals surface area contributed by atoms with Gasteiger partial charge in [0.05, 0.1) is 4.92 Å². The van der Waals surface area contributed by atoms with Crippen molar-refractivity contribution in [1.29, 1.82) is 0 Å². The van der Waals surface area contributed by atoms with Crippen molar-refractivity contribution in [3.05, 3.63) is 69.3 Å². The number of aryl methyl sites for hydroxylation is 1. The van der Waals surface area contributed by atoms with Gasteiger partial charge in [-0.05, 0) is 41.7 Å². The Labute approximate surface area is 122 Å². The van der Waals surface area contributed by atoms with Crippen LogP contribution in [0.3, 0.4) is 0 Å². The highest BCUT2D eigenvalue weighted by atomic mass is 16.6. The molecule has 0 aromatic heterocycles. The SMILES string of the molecule is O=[N+]([O-])c1cccc(CNC2CCc3cc(O)ccc32)c1. The molecule has 1 aliphatic carbocycles. The number of non-ortho nitro benzene ring substituents is 1. The average Bonchev–Trinajstić information content (AvgIpc) is 2.87. The highest BCUT2D eigenvalue weighted by molar-refractivity contribution is 5.40. The molecule has 0 amide bonds. The number of nitrogens with one attached hydrogen (secondary N) is 1. The average molecular weight is 284 g/mol. The molecule has 0 spiro atoms. The summed E-state index contributed by atoms with van der Waals surface area (Å²) in [6.45, 7) is 0.590. The van der Waals surface area contributed by atoms with E-state index in [0.29, 0.717) is 12.3 Å². The maximum Gasteiger partial charge on any atom is 0.269 e. The predicted octanol–water partition coefficient (Wildman–Crippen LogP) is 3.08. The fourth-order valence-corrected chi connectivity index (χ4v) is 2.84. The van der Waals surface area contributed by atoms with Crippen molar-refractivity contribution in [3.63, 3.8) is 0 Å². The molecular formula is C16H16N2O3. The summed E-state index contributed by atoms with van der Waals surface area (Å²) in [5, 5.41) is 23.7. The third-order valence-corrected chi connectivity index (χ3v) is 3.88. The molecule has 0 aliphatic heterocycles. The first-order chi connectivity index (χ1) is 10.1. The van der Waals surface area contributed by atoms with Crippen LogP contribution in [-0.4, -0.2) is 10.0 Å². The Hall–Kier alpha value is -2.40. The van der Waals surface area contributed by atoms with E-state index < -0.39 is 0 Å². The van der Waals surface area contributed by atoms with Crippen LogP contribution in [0.15, 0.2) is 42.5 Å². The first-order valence-electron chi connectivity index (χ1n) is 6.92. The zero-order valence-electron chi connectivity index (χ0n) is 11.5. The quantitative estimate of drug-likeness (QED) is 0.668. The van der Waals surface area contributed by atoms with Crippen LogP contribution < -0.4 is 5.32 Å². The smallest absolute Gasteiger partial charge is 0.269 e. The van der Waals surface area contributed by atoms with Crippen LogP contribution in [0.2, 0.25) is 0 Å². The van der Waals surface area contributed by atoms with Crippen molar-refractivity contribution in [2.75, 3.05) is 0 Å². The van der Waals surface area contributed by atoms with Gasteiger partial charge in [-0.25, -0.2) is 0 Å². The van der Waals surface area contributed by atoms with Gasteiger partial charge in [0.25, 0.3) is 5.69 Å². The lowest BCUT2D eigenvalue weighted by Gasteiger charge is -2.14. The molecule has 5 heteroatoms. The molecule has 0 saturated carbocycles. The first-order valence-corrected chi connectivity index (χ1v) is 6.92. The maximum atomic E-state index is 10.8. The van der Waals surface area contributed by atoms with Gasteiger partial charge in [-0.15, -0.1) is 0 Å². The predicted molar refractivity (Wildman–Crippen MR) is 79.1 cm³/mol. The lowest BCUT2D eigenvalue weighted by atomic mass is 10.1. The van der Waals surface area contributed by atoms with Crippen LogP contribution in [0, 0.1) is 10.1 Å². The lowest BCUT2D eigenvalue weighted by Crippen LogP contribution is -2.18. The summed E-state index contributed by atoms with van der Waals surface area (Å²) in [7, 11) is 0. The first kappa shape index (κ1) is 13.6. The van der Waals surface area contributed by atoms with Gasteiger partial charge in [0.15, 0.2) is 0 Å². The monoisotopic (exact) mass is 284 g/mol. The Bertz CT molecular complexity index is 685. The second-order valence-electron chi connectivity index (χ2n) is 5.28. The van der Waals surface area contributed by atoms with E-state index in [-0.39, 0.29) is 16.7 Å². The summed E-state index contributed by atoms with van der Waals surface area (Å²) >= 11 is 0. The summed E-state index contributed by atoms with van der Waals surface area (Å²) < 4.78 is 0. The van der Waals surface area contributed by atoms with Crippen LogP contribution in [0.1, 0.15) is 29.2 Å². The van der Waals surface area contributed by atoms with Gasteiger partial charge in [0.2, 0.25) is 0 Å². The molecule has 2 aromatic carbocycles. The number of phenols is 1. The topological polar surface area (TPSA) is 75.4 Å². The second kappa shape index (κ2) is 5.54. The van der Waals surface area contributed by atoms with E-state index >= 15 is 0 Å². The van der Waals surface area contributed by atoms with Gasteiger partial charge >= 0.3 is 0 Å². The van der Waals surface area contributed by atoms with Gasteiger partial charge in [-0.3, -0.25) is 10.1 Å². The molecule has 0 saturated heterocycles. The number of nitro groups is 1. The van der Waals surface area contributed by atoms with Gasteiger partial charge in [0.1, 0.15) is 5.75 Å².